The van der Waals surface area contributed by atoms with Crippen molar-refractivity contribution in [1.82, 2.24) is 5.16 Å². The van der Waals surface area contributed by atoms with Gasteiger partial charge >= 0.3 is 0 Å². The predicted molar refractivity (Wildman–Crippen MR) is 123 cm³/mol. The van der Waals surface area contributed by atoms with Gasteiger partial charge in [-0.15, -0.1) is 0 Å². The van der Waals surface area contributed by atoms with Gasteiger partial charge in [0.05, 0.1) is 4.90 Å². The van der Waals surface area contributed by atoms with E-state index in [1.807, 2.05) is 0 Å². The predicted octanol–water partition coefficient (Wildman–Crippen LogP) is 4.51. The fraction of sp³-hybridized carbons (Fsp3) is 0.174. The molecule has 0 aliphatic rings. The summed E-state index contributed by atoms with van der Waals surface area (Å²) in [5, 5.41) is 6.62. The first kappa shape index (κ1) is 23.0. The number of hydrogen-bond donors (Lipinski definition) is 2. The molecule has 0 unspecified atom stereocenters. The number of Topliss-reactive ketones (excluding diaryl/α,β-unsaturated/α-hetero) is 1. The van der Waals surface area contributed by atoms with Crippen molar-refractivity contribution < 1.29 is 22.5 Å². The fourth-order valence-electron chi connectivity index (χ4n) is 2.83. The molecule has 2 aromatic carbocycles. The average Bonchev–Trinajstić information content (AvgIpc) is 3.11. The number of sulfonamides is 1. The zero-order valence-corrected chi connectivity index (χ0v) is 18.7. The van der Waals surface area contributed by atoms with Crippen molar-refractivity contribution in [2.45, 2.75) is 32.1 Å². The highest BCUT2D eigenvalue weighted by molar-refractivity contribution is 7.92. The Morgan fingerprint density at radius 2 is 1.81 bits per heavy atom. The Kier molecular flexibility index (Phi) is 6.89. The Hall–Kier alpha value is -3.72. The van der Waals surface area contributed by atoms with Gasteiger partial charge in [0.15, 0.2) is 11.5 Å². The molecule has 0 bridgehead atoms. The SMILES string of the molecule is CCC(=O)Nc1c(C)noc1C=Cc1ccc(S(=O)(=O)Nc2cccc(C(C)=O)c2)cc1. The molecule has 0 radical (unpaired) electrons. The number of nitrogens with one attached hydrogen (secondary N) is 2. The van der Waals surface area contributed by atoms with E-state index in [0.29, 0.717) is 34.8 Å². The van der Waals surface area contributed by atoms with Gasteiger partial charge in [0.2, 0.25) is 5.91 Å². The van der Waals surface area contributed by atoms with Crippen LogP contribution in [0.25, 0.3) is 12.2 Å². The summed E-state index contributed by atoms with van der Waals surface area (Å²) in [6.07, 6.45) is 3.71. The number of hydrogen-bond acceptors (Lipinski definition) is 6. The normalized spacial score (nSPS) is 11.5. The molecular formula is C23H23N3O5S. The number of anilines is 2. The van der Waals surface area contributed by atoms with Crippen LogP contribution >= 0.6 is 0 Å². The van der Waals surface area contributed by atoms with E-state index in [4.69, 9.17) is 4.52 Å². The molecule has 0 spiro atoms. The molecule has 0 atom stereocenters. The highest BCUT2D eigenvalue weighted by atomic mass is 32.2. The molecule has 1 heterocycles. The molecule has 8 nitrogen and oxygen atoms in total. The van der Waals surface area contributed by atoms with Crippen molar-refractivity contribution in [2.24, 2.45) is 0 Å². The lowest BCUT2D eigenvalue weighted by Gasteiger charge is -2.09. The number of benzene rings is 2. The largest absolute Gasteiger partial charge is 0.354 e. The number of aromatic nitrogens is 1. The first-order chi connectivity index (χ1) is 15.2. The van der Waals surface area contributed by atoms with Crippen LogP contribution in [0, 0.1) is 6.92 Å². The van der Waals surface area contributed by atoms with E-state index in [2.05, 4.69) is 15.2 Å². The zero-order valence-electron chi connectivity index (χ0n) is 17.9. The van der Waals surface area contributed by atoms with E-state index in [-0.39, 0.29) is 16.6 Å². The molecule has 32 heavy (non-hydrogen) atoms. The first-order valence-corrected chi connectivity index (χ1v) is 11.4. The summed E-state index contributed by atoms with van der Waals surface area (Å²) in [6, 6.07) is 12.5. The lowest BCUT2D eigenvalue weighted by atomic mass is 10.1. The smallest absolute Gasteiger partial charge is 0.261 e. The number of rotatable bonds is 8. The van der Waals surface area contributed by atoms with E-state index in [1.165, 1.54) is 25.1 Å². The van der Waals surface area contributed by atoms with Crippen molar-refractivity contribution in [3.8, 4) is 0 Å². The van der Waals surface area contributed by atoms with Gasteiger partial charge in [-0.05, 0) is 49.8 Å². The Labute approximate surface area is 186 Å². The van der Waals surface area contributed by atoms with Crippen LogP contribution in [0.3, 0.4) is 0 Å². The molecule has 1 amide bonds. The molecule has 2 N–H and O–H groups in total. The average molecular weight is 454 g/mol. The van der Waals surface area contributed by atoms with Crippen LogP contribution in [0.15, 0.2) is 57.9 Å². The molecule has 1 aromatic heterocycles. The van der Waals surface area contributed by atoms with Gasteiger partial charge in [-0.25, -0.2) is 8.42 Å². The van der Waals surface area contributed by atoms with E-state index < -0.39 is 10.0 Å². The number of amides is 1. The molecular weight excluding hydrogens is 430 g/mol. The summed E-state index contributed by atoms with van der Waals surface area (Å²) >= 11 is 0. The summed E-state index contributed by atoms with van der Waals surface area (Å²) < 4.78 is 33.1. The number of ketones is 1. The topological polar surface area (TPSA) is 118 Å². The molecule has 0 aliphatic heterocycles. The third-order valence-electron chi connectivity index (χ3n) is 4.61. The van der Waals surface area contributed by atoms with E-state index >= 15 is 0 Å². The van der Waals surface area contributed by atoms with Crippen LogP contribution < -0.4 is 10.0 Å². The van der Waals surface area contributed by atoms with Crippen molar-refractivity contribution in [3.63, 3.8) is 0 Å². The fourth-order valence-corrected chi connectivity index (χ4v) is 3.88. The standard InChI is InChI=1S/C23H23N3O5S/c1-4-22(28)24-23-15(2)25-31-21(23)13-10-17-8-11-20(12-9-17)32(29,30)26-19-7-5-6-18(14-19)16(3)27/h5-14,26H,4H2,1-3H3,(H,24,28). The van der Waals surface area contributed by atoms with Gasteiger partial charge < -0.3 is 9.84 Å². The molecule has 0 saturated heterocycles. The second kappa shape index (κ2) is 9.61. The minimum atomic E-state index is -3.82. The lowest BCUT2D eigenvalue weighted by Crippen LogP contribution is -2.13. The Bertz CT molecular complexity index is 1280. The molecule has 0 fully saturated rings. The monoisotopic (exact) mass is 453 g/mol. The van der Waals surface area contributed by atoms with Gasteiger partial charge in [-0.1, -0.05) is 42.4 Å². The Morgan fingerprint density at radius 1 is 1.09 bits per heavy atom. The Morgan fingerprint density at radius 3 is 2.47 bits per heavy atom. The third-order valence-corrected chi connectivity index (χ3v) is 6.01. The number of carbonyl (C=O) groups excluding carboxylic acids is 2. The maximum atomic E-state index is 12.7. The van der Waals surface area contributed by atoms with Crippen molar-refractivity contribution in [1.29, 1.82) is 0 Å². The molecule has 0 aliphatic carbocycles. The summed E-state index contributed by atoms with van der Waals surface area (Å²) in [4.78, 5) is 23.3. The van der Waals surface area contributed by atoms with E-state index in [0.717, 1.165) is 5.56 Å². The second-order valence-electron chi connectivity index (χ2n) is 7.05. The van der Waals surface area contributed by atoms with E-state index in [1.54, 1.807) is 56.3 Å². The number of carbonyl (C=O) groups is 2. The van der Waals surface area contributed by atoms with Gasteiger partial charge in [0.1, 0.15) is 11.4 Å². The van der Waals surface area contributed by atoms with Crippen LogP contribution in [0.2, 0.25) is 0 Å². The maximum Gasteiger partial charge on any atom is 0.261 e. The Balaban J connectivity index is 1.76. The van der Waals surface area contributed by atoms with Crippen LogP contribution in [-0.4, -0.2) is 25.3 Å². The van der Waals surface area contributed by atoms with Gasteiger partial charge in [-0.3, -0.25) is 14.3 Å². The quantitative estimate of drug-likeness (QED) is 0.485. The minimum absolute atomic E-state index is 0.0780. The van der Waals surface area contributed by atoms with Crippen LogP contribution in [0.5, 0.6) is 0 Å². The summed E-state index contributed by atoms with van der Waals surface area (Å²) in [6.45, 7) is 4.89. The minimum Gasteiger partial charge on any atom is -0.354 e. The molecule has 9 heteroatoms. The number of nitrogens with zero attached hydrogens (tertiary/aromatic N) is 1. The van der Waals surface area contributed by atoms with Gasteiger partial charge in [0.25, 0.3) is 10.0 Å². The van der Waals surface area contributed by atoms with Crippen LogP contribution in [-0.2, 0) is 14.8 Å². The molecule has 166 valence electrons. The second-order valence-corrected chi connectivity index (χ2v) is 8.74. The molecule has 3 aromatic rings. The van der Waals surface area contributed by atoms with Gasteiger partial charge in [0, 0.05) is 17.7 Å². The maximum absolute atomic E-state index is 12.7. The van der Waals surface area contributed by atoms with Crippen LogP contribution in [0.1, 0.15) is 47.6 Å². The number of aryl methyl sites for hydroxylation is 1. The summed E-state index contributed by atoms with van der Waals surface area (Å²) in [5.41, 5.74) is 2.52. The third kappa shape index (κ3) is 5.50. The first-order valence-electron chi connectivity index (χ1n) is 9.87. The van der Waals surface area contributed by atoms with E-state index in [9.17, 15) is 18.0 Å². The van der Waals surface area contributed by atoms with Gasteiger partial charge in [-0.2, -0.15) is 0 Å². The zero-order chi connectivity index (χ0) is 23.3. The van der Waals surface area contributed by atoms with Crippen LogP contribution in [0.4, 0.5) is 11.4 Å². The summed E-state index contributed by atoms with van der Waals surface area (Å²) in [7, 11) is -3.82. The van der Waals surface area contributed by atoms with Crippen molar-refractivity contribution in [2.75, 3.05) is 10.0 Å². The molecule has 0 saturated carbocycles. The highest BCUT2D eigenvalue weighted by Gasteiger charge is 2.15. The summed E-state index contributed by atoms with van der Waals surface area (Å²) in [5.74, 6) is 0.0939. The molecule has 3 rings (SSSR count). The van der Waals surface area contributed by atoms with Crippen molar-refractivity contribution in [3.05, 3.63) is 71.1 Å². The lowest BCUT2D eigenvalue weighted by molar-refractivity contribution is -0.115. The highest BCUT2D eigenvalue weighted by Crippen LogP contribution is 2.23. The van der Waals surface area contributed by atoms with Crippen molar-refractivity contribution >= 4 is 45.2 Å².